The van der Waals surface area contributed by atoms with E-state index in [0.29, 0.717) is 0 Å². The number of benzene rings is 1. The molecule has 2 rings (SSSR count). The van der Waals surface area contributed by atoms with E-state index >= 15 is 0 Å². The van der Waals surface area contributed by atoms with Crippen molar-refractivity contribution in [3.05, 3.63) is 39.8 Å². The number of nitrogens with one attached hydrogen (secondary N) is 2. The first-order valence-electron chi connectivity index (χ1n) is 4.71. The highest BCUT2D eigenvalue weighted by molar-refractivity contribution is 14.1. The summed E-state index contributed by atoms with van der Waals surface area (Å²) in [4.78, 5) is 7.53. The van der Waals surface area contributed by atoms with Crippen molar-refractivity contribution in [3.8, 4) is 0 Å². The Kier molecular flexibility index (Phi) is 3.69. The van der Waals surface area contributed by atoms with Gasteiger partial charge in [0.25, 0.3) is 0 Å². The number of halogens is 2. The molecule has 0 radical (unpaired) electrons. The van der Waals surface area contributed by atoms with E-state index < -0.39 is 5.82 Å². The zero-order chi connectivity index (χ0) is 12.3. The minimum atomic E-state index is -0.539. The second kappa shape index (κ2) is 5.23. The second-order valence-corrected chi connectivity index (χ2v) is 4.42. The molecule has 0 bridgehead atoms. The molecule has 17 heavy (non-hydrogen) atoms. The molecule has 0 amide bonds. The molecule has 0 fully saturated rings. The van der Waals surface area contributed by atoms with E-state index in [0.717, 1.165) is 15.5 Å². The molecule has 0 aliphatic heterocycles. The third kappa shape index (κ3) is 3.01. The predicted octanol–water partition coefficient (Wildman–Crippen LogP) is 2.25. The van der Waals surface area contributed by atoms with Crippen LogP contribution in [-0.2, 0) is 0 Å². The SMILES string of the molecule is NNc1ncc(F)c(Nc2cccc(I)c2)n1. The van der Waals surface area contributed by atoms with Crippen LogP contribution in [0.25, 0.3) is 0 Å². The maximum absolute atomic E-state index is 13.4. The molecule has 88 valence electrons. The second-order valence-electron chi connectivity index (χ2n) is 3.17. The van der Waals surface area contributed by atoms with Gasteiger partial charge in [0.15, 0.2) is 11.6 Å². The molecule has 0 saturated heterocycles. The van der Waals surface area contributed by atoms with Crippen LogP contribution in [0.4, 0.5) is 21.8 Å². The van der Waals surface area contributed by atoms with Gasteiger partial charge >= 0.3 is 0 Å². The summed E-state index contributed by atoms with van der Waals surface area (Å²) in [5.41, 5.74) is 3.01. The largest absolute Gasteiger partial charge is 0.338 e. The standard InChI is InChI=1S/C10H9FIN5/c11-8-5-14-10(17-13)16-9(8)15-7-3-1-2-6(12)4-7/h1-5H,13H2,(H2,14,15,16,17). The molecule has 1 aromatic heterocycles. The molecular formula is C10H9FIN5. The summed E-state index contributed by atoms with van der Waals surface area (Å²) in [5, 5.41) is 2.86. The van der Waals surface area contributed by atoms with Gasteiger partial charge in [-0.25, -0.2) is 15.2 Å². The van der Waals surface area contributed by atoms with Crippen molar-refractivity contribution in [2.75, 3.05) is 10.7 Å². The monoisotopic (exact) mass is 345 g/mol. The van der Waals surface area contributed by atoms with E-state index in [1.165, 1.54) is 0 Å². The van der Waals surface area contributed by atoms with Crippen molar-refractivity contribution in [3.63, 3.8) is 0 Å². The first kappa shape index (κ1) is 12.0. The van der Waals surface area contributed by atoms with Gasteiger partial charge < -0.3 is 5.32 Å². The summed E-state index contributed by atoms with van der Waals surface area (Å²) in [7, 11) is 0. The number of aromatic nitrogens is 2. The summed E-state index contributed by atoms with van der Waals surface area (Å²) in [5.74, 6) is 4.85. The number of nitrogens with zero attached hydrogens (tertiary/aromatic N) is 2. The van der Waals surface area contributed by atoms with Gasteiger partial charge in [-0.05, 0) is 40.8 Å². The van der Waals surface area contributed by atoms with Crippen LogP contribution < -0.4 is 16.6 Å². The lowest BCUT2D eigenvalue weighted by Gasteiger charge is -2.07. The number of rotatable bonds is 3. The van der Waals surface area contributed by atoms with Crippen LogP contribution >= 0.6 is 22.6 Å². The number of anilines is 3. The Bertz CT molecular complexity index is 534. The molecule has 5 nitrogen and oxygen atoms in total. The van der Waals surface area contributed by atoms with Crippen LogP contribution in [0.2, 0.25) is 0 Å². The zero-order valence-corrected chi connectivity index (χ0v) is 10.8. The highest BCUT2D eigenvalue weighted by Gasteiger charge is 2.06. The Morgan fingerprint density at radius 1 is 1.35 bits per heavy atom. The van der Waals surface area contributed by atoms with Crippen molar-refractivity contribution in [2.45, 2.75) is 0 Å². The number of nitrogens with two attached hydrogens (primary N) is 1. The van der Waals surface area contributed by atoms with Crippen molar-refractivity contribution in [2.24, 2.45) is 5.84 Å². The molecule has 0 aliphatic rings. The number of nitrogen functional groups attached to an aromatic ring is 1. The highest BCUT2D eigenvalue weighted by Crippen LogP contribution is 2.19. The van der Waals surface area contributed by atoms with Crippen LogP contribution in [0, 0.1) is 9.39 Å². The van der Waals surface area contributed by atoms with E-state index in [9.17, 15) is 4.39 Å². The minimum absolute atomic E-state index is 0.0787. The Hall–Kier alpha value is -1.48. The molecule has 1 heterocycles. The van der Waals surface area contributed by atoms with Crippen molar-refractivity contribution in [1.82, 2.24) is 9.97 Å². The molecule has 0 aliphatic carbocycles. The summed E-state index contributed by atoms with van der Waals surface area (Å²) < 4.78 is 14.5. The molecule has 0 spiro atoms. The molecule has 7 heteroatoms. The molecule has 0 saturated carbocycles. The average Bonchev–Trinajstić information content (AvgIpc) is 2.32. The van der Waals surface area contributed by atoms with E-state index in [2.05, 4.69) is 43.3 Å². The summed E-state index contributed by atoms with van der Waals surface area (Å²) in [6.07, 6.45) is 1.05. The highest BCUT2D eigenvalue weighted by atomic mass is 127. The first-order valence-corrected chi connectivity index (χ1v) is 5.78. The van der Waals surface area contributed by atoms with Gasteiger partial charge in [-0.2, -0.15) is 4.98 Å². The van der Waals surface area contributed by atoms with Gasteiger partial charge in [0.1, 0.15) is 0 Å². The van der Waals surface area contributed by atoms with E-state index in [1.807, 2.05) is 24.3 Å². The van der Waals surface area contributed by atoms with Crippen molar-refractivity contribution >= 4 is 40.0 Å². The third-order valence-corrected chi connectivity index (χ3v) is 2.63. The van der Waals surface area contributed by atoms with E-state index in [-0.39, 0.29) is 11.8 Å². The van der Waals surface area contributed by atoms with Crippen molar-refractivity contribution in [1.29, 1.82) is 0 Å². The Morgan fingerprint density at radius 3 is 2.88 bits per heavy atom. The minimum Gasteiger partial charge on any atom is -0.338 e. The average molecular weight is 345 g/mol. The number of hydrogen-bond acceptors (Lipinski definition) is 5. The van der Waals surface area contributed by atoms with Gasteiger partial charge in [-0.15, -0.1) is 0 Å². The Balaban J connectivity index is 2.29. The lowest BCUT2D eigenvalue weighted by atomic mass is 10.3. The fourth-order valence-corrected chi connectivity index (χ4v) is 1.77. The molecule has 0 unspecified atom stereocenters. The lowest BCUT2D eigenvalue weighted by Crippen LogP contribution is -2.12. The maximum Gasteiger partial charge on any atom is 0.239 e. The van der Waals surface area contributed by atoms with Crippen molar-refractivity contribution < 1.29 is 4.39 Å². The van der Waals surface area contributed by atoms with Crippen LogP contribution in [0.5, 0.6) is 0 Å². The normalized spacial score (nSPS) is 10.1. The van der Waals surface area contributed by atoms with Crippen LogP contribution in [-0.4, -0.2) is 9.97 Å². The van der Waals surface area contributed by atoms with Gasteiger partial charge in [-0.3, -0.25) is 5.43 Å². The lowest BCUT2D eigenvalue weighted by molar-refractivity contribution is 0.619. The quantitative estimate of drug-likeness (QED) is 0.452. The topological polar surface area (TPSA) is 75.9 Å². The molecule has 4 N–H and O–H groups in total. The van der Waals surface area contributed by atoms with E-state index in [1.54, 1.807) is 0 Å². The predicted molar refractivity (Wildman–Crippen MR) is 72.2 cm³/mol. The number of hydrogen-bond donors (Lipinski definition) is 3. The summed E-state index contributed by atoms with van der Waals surface area (Å²) >= 11 is 2.17. The summed E-state index contributed by atoms with van der Waals surface area (Å²) in [6.45, 7) is 0. The molecule has 2 aromatic rings. The van der Waals surface area contributed by atoms with Gasteiger partial charge in [0.05, 0.1) is 6.20 Å². The summed E-state index contributed by atoms with van der Waals surface area (Å²) in [6, 6.07) is 7.50. The first-order chi connectivity index (χ1) is 8.19. The smallest absolute Gasteiger partial charge is 0.239 e. The molecular weight excluding hydrogens is 336 g/mol. The molecule has 0 atom stereocenters. The van der Waals surface area contributed by atoms with E-state index in [4.69, 9.17) is 5.84 Å². The van der Waals surface area contributed by atoms with Crippen LogP contribution in [0.15, 0.2) is 30.5 Å². The van der Waals surface area contributed by atoms with Gasteiger partial charge in [0.2, 0.25) is 5.95 Å². The Labute approximate surface area is 111 Å². The molecule has 1 aromatic carbocycles. The van der Waals surface area contributed by atoms with Gasteiger partial charge in [-0.1, -0.05) is 6.07 Å². The maximum atomic E-state index is 13.4. The fourth-order valence-electron chi connectivity index (χ4n) is 1.23. The Morgan fingerprint density at radius 2 is 2.18 bits per heavy atom. The zero-order valence-electron chi connectivity index (χ0n) is 8.61. The van der Waals surface area contributed by atoms with Crippen LogP contribution in [0.1, 0.15) is 0 Å². The third-order valence-electron chi connectivity index (χ3n) is 1.96. The number of hydrazine groups is 1. The van der Waals surface area contributed by atoms with Gasteiger partial charge in [0, 0.05) is 9.26 Å². The van der Waals surface area contributed by atoms with Crippen LogP contribution in [0.3, 0.4) is 0 Å². The fraction of sp³-hybridized carbons (Fsp3) is 0.